The molecule has 3 aromatic rings. The highest BCUT2D eigenvalue weighted by molar-refractivity contribution is 7.20. The Morgan fingerprint density at radius 1 is 1.09 bits per heavy atom. The van der Waals surface area contributed by atoms with Crippen molar-refractivity contribution in [2.24, 2.45) is 5.92 Å². The van der Waals surface area contributed by atoms with Crippen molar-refractivity contribution in [2.75, 3.05) is 24.5 Å². The van der Waals surface area contributed by atoms with Crippen LogP contribution in [-0.4, -0.2) is 47.4 Å². The van der Waals surface area contributed by atoms with Crippen molar-refractivity contribution in [1.82, 2.24) is 9.88 Å². The van der Waals surface area contributed by atoms with E-state index >= 15 is 0 Å². The average Bonchev–Trinajstić information content (AvgIpc) is 3.38. The monoisotopic (exact) mass is 449 g/mol. The number of nitrogens with zero attached hydrogens (tertiary/aromatic N) is 3. The predicted molar refractivity (Wildman–Crippen MR) is 126 cm³/mol. The molecule has 0 aliphatic carbocycles. The summed E-state index contributed by atoms with van der Waals surface area (Å²) in [5, 5.41) is 0.696. The molecule has 7 heteroatoms. The number of fused-ring (bicyclic) bond motifs is 1. The Morgan fingerprint density at radius 2 is 1.88 bits per heavy atom. The van der Waals surface area contributed by atoms with Crippen LogP contribution < -0.4 is 9.64 Å². The summed E-state index contributed by atoms with van der Waals surface area (Å²) in [6.07, 6.45) is 1.91. The fourth-order valence-corrected chi connectivity index (χ4v) is 5.39. The number of amides is 2. The molecule has 1 aromatic heterocycles. The highest BCUT2D eigenvalue weighted by atomic mass is 32.1. The van der Waals surface area contributed by atoms with Crippen LogP contribution in [0.3, 0.4) is 0 Å². The van der Waals surface area contributed by atoms with E-state index in [9.17, 15) is 9.59 Å². The number of thiazole rings is 1. The lowest BCUT2D eigenvalue weighted by atomic mass is 10.0. The molecule has 2 aliphatic rings. The molecule has 0 spiro atoms. The number of para-hydroxylation sites is 1. The van der Waals surface area contributed by atoms with Crippen LogP contribution in [0.4, 0.5) is 5.69 Å². The Hall–Kier alpha value is -2.93. The highest BCUT2D eigenvalue weighted by Gasteiger charge is 2.38. The van der Waals surface area contributed by atoms with Crippen molar-refractivity contribution in [3.05, 3.63) is 53.6 Å². The van der Waals surface area contributed by atoms with E-state index in [2.05, 4.69) is 11.9 Å². The SMILES string of the molecule is Cc1ccc(N2CC(C(=O)N3CCC(Oc4nc5ccccc5s4)CC3)CC2=O)cc1C. The third-order valence-electron chi connectivity index (χ3n) is 6.57. The number of benzene rings is 2. The van der Waals surface area contributed by atoms with Crippen LogP contribution in [-0.2, 0) is 9.59 Å². The zero-order valence-electron chi connectivity index (χ0n) is 18.4. The minimum atomic E-state index is -0.272. The summed E-state index contributed by atoms with van der Waals surface area (Å²) in [5.74, 6) is -0.158. The van der Waals surface area contributed by atoms with Gasteiger partial charge in [0.15, 0.2) is 0 Å². The topological polar surface area (TPSA) is 62.7 Å². The molecule has 1 atom stereocenters. The lowest BCUT2D eigenvalue weighted by Gasteiger charge is -2.33. The lowest BCUT2D eigenvalue weighted by molar-refractivity contribution is -0.137. The summed E-state index contributed by atoms with van der Waals surface area (Å²) >= 11 is 1.56. The summed E-state index contributed by atoms with van der Waals surface area (Å²) in [4.78, 5) is 34.0. The first-order valence-corrected chi connectivity index (χ1v) is 12.0. The molecule has 6 nitrogen and oxygen atoms in total. The number of carbonyl (C=O) groups is 2. The van der Waals surface area contributed by atoms with Gasteiger partial charge in [0.2, 0.25) is 11.8 Å². The number of anilines is 1. The number of rotatable bonds is 4. The molecule has 166 valence electrons. The maximum atomic E-state index is 13.1. The first kappa shape index (κ1) is 20.9. The van der Waals surface area contributed by atoms with E-state index < -0.39 is 0 Å². The van der Waals surface area contributed by atoms with Gasteiger partial charge in [0.25, 0.3) is 5.19 Å². The Kier molecular flexibility index (Phi) is 5.59. The first-order valence-electron chi connectivity index (χ1n) is 11.2. The summed E-state index contributed by atoms with van der Waals surface area (Å²) in [7, 11) is 0. The number of ether oxygens (including phenoxy) is 1. The average molecular weight is 450 g/mol. The largest absolute Gasteiger partial charge is 0.467 e. The molecular weight excluding hydrogens is 422 g/mol. The zero-order chi connectivity index (χ0) is 22.2. The Morgan fingerprint density at radius 3 is 2.62 bits per heavy atom. The lowest BCUT2D eigenvalue weighted by Crippen LogP contribution is -2.44. The summed E-state index contributed by atoms with van der Waals surface area (Å²) < 4.78 is 7.23. The molecule has 2 aliphatic heterocycles. The molecule has 0 N–H and O–H groups in total. The van der Waals surface area contributed by atoms with Gasteiger partial charge in [0, 0.05) is 44.6 Å². The van der Waals surface area contributed by atoms with Crippen LogP contribution in [0.5, 0.6) is 5.19 Å². The molecule has 1 unspecified atom stereocenters. The number of likely N-dealkylation sites (tertiary alicyclic amines) is 1. The van der Waals surface area contributed by atoms with Gasteiger partial charge in [-0.2, -0.15) is 0 Å². The molecule has 32 heavy (non-hydrogen) atoms. The van der Waals surface area contributed by atoms with Crippen LogP contribution in [0.1, 0.15) is 30.4 Å². The van der Waals surface area contributed by atoms with E-state index in [-0.39, 0.29) is 30.3 Å². The minimum Gasteiger partial charge on any atom is -0.467 e. The molecule has 2 amide bonds. The van der Waals surface area contributed by atoms with Crippen LogP contribution in [0.25, 0.3) is 10.2 Å². The number of aryl methyl sites for hydroxylation is 2. The van der Waals surface area contributed by atoms with Gasteiger partial charge in [-0.05, 0) is 49.2 Å². The van der Waals surface area contributed by atoms with Gasteiger partial charge in [0.05, 0.1) is 16.1 Å². The maximum absolute atomic E-state index is 13.1. The zero-order valence-corrected chi connectivity index (χ0v) is 19.2. The summed E-state index contributed by atoms with van der Waals surface area (Å²) in [5.41, 5.74) is 4.19. The Bertz CT molecular complexity index is 1130. The van der Waals surface area contributed by atoms with E-state index in [1.807, 2.05) is 54.3 Å². The molecule has 0 saturated carbocycles. The van der Waals surface area contributed by atoms with Crippen LogP contribution in [0.2, 0.25) is 0 Å². The standard InChI is InChI=1S/C25H27N3O3S/c1-16-7-8-19(13-17(16)2)28-15-18(14-23(28)29)24(30)27-11-9-20(10-12-27)31-25-26-21-5-3-4-6-22(21)32-25/h3-8,13,18,20H,9-12,14-15H2,1-2H3. The number of aromatic nitrogens is 1. The van der Waals surface area contributed by atoms with Crippen LogP contribution >= 0.6 is 11.3 Å². The second-order valence-electron chi connectivity index (χ2n) is 8.76. The van der Waals surface area contributed by atoms with Gasteiger partial charge in [-0.25, -0.2) is 4.98 Å². The van der Waals surface area contributed by atoms with E-state index in [1.54, 1.807) is 16.2 Å². The number of carbonyl (C=O) groups excluding carboxylic acids is 2. The van der Waals surface area contributed by atoms with E-state index in [0.717, 1.165) is 34.3 Å². The van der Waals surface area contributed by atoms with Gasteiger partial charge in [-0.3, -0.25) is 9.59 Å². The molecule has 0 radical (unpaired) electrons. The summed E-state index contributed by atoms with van der Waals surface area (Å²) in [6, 6.07) is 14.1. The van der Waals surface area contributed by atoms with Gasteiger partial charge >= 0.3 is 0 Å². The van der Waals surface area contributed by atoms with Crippen molar-refractivity contribution < 1.29 is 14.3 Å². The molecule has 2 aromatic carbocycles. The minimum absolute atomic E-state index is 0.0284. The molecule has 2 saturated heterocycles. The third kappa shape index (κ3) is 4.09. The van der Waals surface area contributed by atoms with Crippen LogP contribution in [0.15, 0.2) is 42.5 Å². The molecule has 2 fully saturated rings. The highest BCUT2D eigenvalue weighted by Crippen LogP contribution is 2.31. The summed E-state index contributed by atoms with van der Waals surface area (Å²) in [6.45, 7) is 5.87. The molecule has 5 rings (SSSR count). The second kappa shape index (κ2) is 8.54. The smallest absolute Gasteiger partial charge is 0.274 e. The second-order valence-corrected chi connectivity index (χ2v) is 9.76. The predicted octanol–water partition coefficient (Wildman–Crippen LogP) is 4.34. The quantitative estimate of drug-likeness (QED) is 0.595. The van der Waals surface area contributed by atoms with Gasteiger partial charge < -0.3 is 14.5 Å². The Labute approximate surface area is 191 Å². The fourth-order valence-electron chi connectivity index (χ4n) is 4.51. The van der Waals surface area contributed by atoms with Gasteiger partial charge in [-0.15, -0.1) is 0 Å². The number of hydrogen-bond acceptors (Lipinski definition) is 5. The van der Waals surface area contributed by atoms with Crippen molar-refractivity contribution in [3.8, 4) is 5.19 Å². The first-order chi connectivity index (χ1) is 15.5. The number of piperidine rings is 1. The van der Waals surface area contributed by atoms with Crippen molar-refractivity contribution in [2.45, 2.75) is 39.2 Å². The van der Waals surface area contributed by atoms with Crippen LogP contribution in [0, 0.1) is 19.8 Å². The molecular formula is C25H27N3O3S. The van der Waals surface area contributed by atoms with Crippen molar-refractivity contribution in [3.63, 3.8) is 0 Å². The third-order valence-corrected chi connectivity index (χ3v) is 7.50. The van der Waals surface area contributed by atoms with Gasteiger partial charge in [0.1, 0.15) is 6.10 Å². The van der Waals surface area contributed by atoms with E-state index in [0.29, 0.717) is 24.8 Å². The van der Waals surface area contributed by atoms with E-state index in [1.165, 1.54) is 5.56 Å². The molecule has 3 heterocycles. The maximum Gasteiger partial charge on any atom is 0.274 e. The van der Waals surface area contributed by atoms with E-state index in [4.69, 9.17) is 4.74 Å². The normalized spacial score (nSPS) is 19.7. The van der Waals surface area contributed by atoms with Gasteiger partial charge in [-0.1, -0.05) is 29.5 Å². The fraction of sp³-hybridized carbons (Fsp3) is 0.400. The molecule has 0 bridgehead atoms. The van der Waals surface area contributed by atoms with Crippen molar-refractivity contribution >= 4 is 39.1 Å². The van der Waals surface area contributed by atoms with Crippen molar-refractivity contribution in [1.29, 1.82) is 0 Å². The Balaban J connectivity index is 1.17. The number of hydrogen-bond donors (Lipinski definition) is 0.